The van der Waals surface area contributed by atoms with Gasteiger partial charge in [0.2, 0.25) is 15.0 Å². The number of rotatable bonds is 4. The van der Waals surface area contributed by atoms with Crippen molar-refractivity contribution < 1.29 is 12.8 Å². The number of nitrogens with zero attached hydrogens (tertiary/aromatic N) is 2. The van der Waals surface area contributed by atoms with Crippen molar-refractivity contribution in [1.82, 2.24) is 14.9 Å². The van der Waals surface area contributed by atoms with Gasteiger partial charge in [0.05, 0.1) is 22.9 Å². The van der Waals surface area contributed by atoms with Crippen LogP contribution < -0.4 is 11.0 Å². The van der Waals surface area contributed by atoms with Crippen LogP contribution in [0.1, 0.15) is 42.1 Å². The van der Waals surface area contributed by atoms with Gasteiger partial charge in [0, 0.05) is 37.9 Å². The molecule has 1 aliphatic heterocycles. The Morgan fingerprint density at radius 1 is 1.27 bits per heavy atom. The summed E-state index contributed by atoms with van der Waals surface area (Å²) in [7, 11) is -3.59. The van der Waals surface area contributed by atoms with Crippen molar-refractivity contribution in [1.29, 1.82) is 0 Å². The first-order chi connectivity index (χ1) is 14.1. The van der Waals surface area contributed by atoms with Crippen LogP contribution in [-0.4, -0.2) is 36.1 Å². The first-order valence-electron chi connectivity index (χ1n) is 9.72. The van der Waals surface area contributed by atoms with E-state index in [0.29, 0.717) is 53.2 Å². The topological polar surface area (TPSA) is 113 Å². The van der Waals surface area contributed by atoms with Gasteiger partial charge in [0.15, 0.2) is 5.43 Å². The van der Waals surface area contributed by atoms with E-state index in [2.05, 4.69) is 23.8 Å². The second-order valence-corrected chi connectivity index (χ2v) is 9.96. The first-order valence-corrected chi connectivity index (χ1v) is 11.6. The van der Waals surface area contributed by atoms with Crippen LogP contribution in [0, 0.1) is 0 Å². The van der Waals surface area contributed by atoms with Crippen LogP contribution in [0.25, 0.3) is 11.0 Å². The monoisotopic (exact) mass is 429 g/mol. The fourth-order valence-electron chi connectivity index (χ4n) is 3.67. The smallest absolute Gasteiger partial charge is 0.256 e. The maximum Gasteiger partial charge on any atom is 0.256 e. The Labute approximate surface area is 173 Å². The average molecular weight is 429 g/mol. The van der Waals surface area contributed by atoms with Gasteiger partial charge in [-0.05, 0) is 23.6 Å². The second-order valence-electron chi connectivity index (χ2n) is 8.03. The minimum Gasteiger partial charge on any atom is -0.464 e. The highest BCUT2D eigenvalue weighted by Crippen LogP contribution is 2.21. The highest BCUT2D eigenvalue weighted by molar-refractivity contribution is 7.90. The molecule has 158 valence electrons. The number of H-pyrrole nitrogens is 1. The number of hydrogen-bond donors (Lipinski definition) is 1. The van der Waals surface area contributed by atoms with E-state index >= 15 is 0 Å². The van der Waals surface area contributed by atoms with E-state index in [9.17, 15) is 18.0 Å². The molecule has 0 saturated heterocycles. The lowest BCUT2D eigenvalue weighted by atomic mass is 10.0. The highest BCUT2D eigenvalue weighted by Gasteiger charge is 2.24. The lowest BCUT2D eigenvalue weighted by molar-refractivity contribution is 0.238. The van der Waals surface area contributed by atoms with Crippen molar-refractivity contribution in [3.8, 4) is 0 Å². The summed E-state index contributed by atoms with van der Waals surface area (Å²) in [5.41, 5.74) is 2.51. The van der Waals surface area contributed by atoms with Crippen LogP contribution in [0.3, 0.4) is 0 Å². The molecule has 0 fully saturated rings. The summed E-state index contributed by atoms with van der Waals surface area (Å²) in [4.78, 5) is 33.9. The van der Waals surface area contributed by atoms with Crippen LogP contribution in [-0.2, 0) is 29.3 Å². The Morgan fingerprint density at radius 3 is 2.73 bits per heavy atom. The average Bonchev–Trinajstić information content (AvgIpc) is 2.69. The van der Waals surface area contributed by atoms with Gasteiger partial charge in [-0.1, -0.05) is 19.9 Å². The van der Waals surface area contributed by atoms with Crippen molar-refractivity contribution >= 4 is 20.8 Å². The molecule has 0 saturated carbocycles. The second kappa shape index (κ2) is 7.48. The van der Waals surface area contributed by atoms with E-state index in [-0.39, 0.29) is 17.1 Å². The third-order valence-corrected chi connectivity index (χ3v) is 6.30. The number of aromatic nitrogens is 2. The Kier molecular flexibility index (Phi) is 5.11. The normalized spacial score (nSPS) is 14.9. The van der Waals surface area contributed by atoms with Crippen molar-refractivity contribution in [3.05, 3.63) is 67.4 Å². The summed E-state index contributed by atoms with van der Waals surface area (Å²) < 4.78 is 29.1. The molecule has 0 radical (unpaired) electrons. The molecule has 0 aliphatic carbocycles. The summed E-state index contributed by atoms with van der Waals surface area (Å²) in [6.45, 7) is 5.30. The molecule has 0 bridgehead atoms. The van der Waals surface area contributed by atoms with Crippen molar-refractivity contribution in [2.75, 3.05) is 12.8 Å². The van der Waals surface area contributed by atoms with Gasteiger partial charge in [-0.25, -0.2) is 13.4 Å². The van der Waals surface area contributed by atoms with Crippen molar-refractivity contribution in [2.45, 2.75) is 44.4 Å². The van der Waals surface area contributed by atoms with Crippen LogP contribution in [0.5, 0.6) is 0 Å². The van der Waals surface area contributed by atoms with Crippen LogP contribution in [0.15, 0.2) is 43.6 Å². The first kappa shape index (κ1) is 20.5. The van der Waals surface area contributed by atoms with Crippen molar-refractivity contribution in [3.63, 3.8) is 0 Å². The molecule has 9 heteroatoms. The maximum atomic E-state index is 13.0. The van der Waals surface area contributed by atoms with E-state index in [1.54, 1.807) is 0 Å². The predicted octanol–water partition coefficient (Wildman–Crippen LogP) is 1.96. The summed E-state index contributed by atoms with van der Waals surface area (Å²) in [6.07, 6.45) is 2.92. The quantitative estimate of drug-likeness (QED) is 0.631. The van der Waals surface area contributed by atoms with Gasteiger partial charge in [-0.15, -0.1) is 0 Å². The summed E-state index contributed by atoms with van der Waals surface area (Å²) in [6, 6.07) is 5.65. The lowest BCUT2D eigenvalue weighted by Gasteiger charge is -2.27. The van der Waals surface area contributed by atoms with Crippen LogP contribution in [0.2, 0.25) is 0 Å². The fourth-order valence-corrected chi connectivity index (χ4v) is 4.22. The molecule has 0 amide bonds. The largest absolute Gasteiger partial charge is 0.464 e. The molecular weight excluding hydrogens is 406 g/mol. The van der Waals surface area contributed by atoms with E-state index in [4.69, 9.17) is 4.42 Å². The van der Waals surface area contributed by atoms with E-state index in [0.717, 1.165) is 11.8 Å². The highest BCUT2D eigenvalue weighted by atomic mass is 32.2. The number of sulfone groups is 1. The van der Waals surface area contributed by atoms with Crippen molar-refractivity contribution in [2.24, 2.45) is 0 Å². The molecule has 1 N–H and O–H groups in total. The molecule has 0 spiro atoms. The minimum atomic E-state index is -3.59. The lowest BCUT2D eigenvalue weighted by Crippen LogP contribution is -2.37. The van der Waals surface area contributed by atoms with Gasteiger partial charge in [-0.2, -0.15) is 0 Å². The van der Waals surface area contributed by atoms with Gasteiger partial charge in [0.25, 0.3) is 5.56 Å². The molecule has 2 aromatic heterocycles. The summed E-state index contributed by atoms with van der Waals surface area (Å²) >= 11 is 0. The Morgan fingerprint density at radius 2 is 2.03 bits per heavy atom. The molecule has 4 rings (SSSR count). The van der Waals surface area contributed by atoms with E-state index in [1.807, 2.05) is 23.1 Å². The third kappa shape index (κ3) is 3.82. The van der Waals surface area contributed by atoms with Gasteiger partial charge in [-0.3, -0.25) is 19.5 Å². The molecule has 0 atom stereocenters. The maximum absolute atomic E-state index is 13.0. The zero-order valence-electron chi connectivity index (χ0n) is 17.1. The van der Waals surface area contributed by atoms with E-state index in [1.165, 1.54) is 6.26 Å². The molecule has 3 aromatic rings. The molecule has 8 nitrogen and oxygen atoms in total. The number of benzene rings is 1. The number of hydrogen-bond acceptors (Lipinski definition) is 7. The number of aromatic amines is 1. The zero-order chi connectivity index (χ0) is 21.6. The predicted molar refractivity (Wildman–Crippen MR) is 112 cm³/mol. The summed E-state index contributed by atoms with van der Waals surface area (Å²) in [5, 5.41) is 0.240. The van der Waals surface area contributed by atoms with Crippen LogP contribution >= 0.6 is 0 Å². The number of nitrogens with one attached hydrogen (secondary N) is 1. The Bertz CT molecular complexity index is 1360. The standard InChI is InChI=1S/C21H23N3O5S/c1-12(2)13-4-5-18-15(8-13)19(25)14(11-29-18)9-24-7-6-17-16(10-24)20(26)23-21(22-17)30(3,27)28/h4-5,8,11-12H,6-7,9-10H2,1-3H3,(H,22,23,26). The minimum absolute atomic E-state index is 0.0796. The van der Waals surface area contributed by atoms with Gasteiger partial charge < -0.3 is 4.42 Å². The zero-order valence-corrected chi connectivity index (χ0v) is 17.9. The SMILES string of the molecule is CC(C)c1ccc2occ(CN3CCc4nc(S(C)(=O)=O)[nH]c(=O)c4C3)c(=O)c2c1. The summed E-state index contributed by atoms with van der Waals surface area (Å²) in [5.74, 6) is 0.298. The van der Waals surface area contributed by atoms with E-state index < -0.39 is 15.4 Å². The molecule has 3 heterocycles. The third-order valence-electron chi connectivity index (χ3n) is 5.41. The van der Waals surface area contributed by atoms with Gasteiger partial charge in [0.1, 0.15) is 5.58 Å². The Hall–Kier alpha value is -2.78. The molecule has 1 aromatic carbocycles. The Balaban J connectivity index is 1.64. The number of fused-ring (bicyclic) bond motifs is 2. The fraction of sp³-hybridized carbons (Fsp3) is 0.381. The molecule has 0 unspecified atom stereocenters. The van der Waals surface area contributed by atoms with Crippen LogP contribution in [0.4, 0.5) is 0 Å². The molecule has 1 aliphatic rings. The molecule has 30 heavy (non-hydrogen) atoms. The molecular formula is C21H23N3O5S. The van der Waals surface area contributed by atoms with Gasteiger partial charge >= 0.3 is 0 Å².